The standard InChI is InChI=1S/C23H36N4O4/c1-3-31-23(30)19-20(17-6-4-5-7-18(17)25(2)22(19)29)26-12-14-27(15-13-26)21(28)16-8-10-24-11-9-16/h16-18,24H,3-15H2,1-2H3. The van der Waals surface area contributed by atoms with Crippen LogP contribution in [0.3, 0.4) is 0 Å². The quantitative estimate of drug-likeness (QED) is 0.527. The van der Waals surface area contributed by atoms with Crippen molar-refractivity contribution in [2.45, 2.75) is 51.5 Å². The second-order valence-electron chi connectivity index (χ2n) is 9.19. The summed E-state index contributed by atoms with van der Waals surface area (Å²) in [7, 11) is 1.82. The topological polar surface area (TPSA) is 82.2 Å². The van der Waals surface area contributed by atoms with Crippen molar-refractivity contribution in [3.05, 3.63) is 11.3 Å². The zero-order valence-electron chi connectivity index (χ0n) is 18.9. The molecule has 8 nitrogen and oxygen atoms in total. The molecule has 1 saturated carbocycles. The Bertz CT molecular complexity index is 738. The number of esters is 1. The number of fused-ring (bicyclic) bond motifs is 1. The van der Waals surface area contributed by atoms with Crippen LogP contribution in [-0.4, -0.2) is 91.4 Å². The summed E-state index contributed by atoms with van der Waals surface area (Å²) in [4.78, 5) is 44.9. The van der Waals surface area contributed by atoms with Crippen molar-refractivity contribution < 1.29 is 19.1 Å². The normalized spacial score (nSPS) is 27.9. The largest absolute Gasteiger partial charge is 0.462 e. The van der Waals surface area contributed by atoms with Crippen LogP contribution in [0.5, 0.6) is 0 Å². The summed E-state index contributed by atoms with van der Waals surface area (Å²) in [5.41, 5.74) is 1.09. The number of piperidine rings is 1. The van der Waals surface area contributed by atoms with E-state index < -0.39 is 5.97 Å². The Balaban J connectivity index is 1.55. The van der Waals surface area contributed by atoms with Crippen molar-refractivity contribution >= 4 is 17.8 Å². The summed E-state index contributed by atoms with van der Waals surface area (Å²) in [6.45, 7) is 6.44. The summed E-state index contributed by atoms with van der Waals surface area (Å²) < 4.78 is 5.30. The van der Waals surface area contributed by atoms with Gasteiger partial charge in [0.15, 0.2) is 0 Å². The smallest absolute Gasteiger partial charge is 0.345 e. The molecular weight excluding hydrogens is 396 g/mol. The number of piperazine rings is 1. The van der Waals surface area contributed by atoms with Crippen LogP contribution in [0.2, 0.25) is 0 Å². The minimum absolute atomic E-state index is 0.120. The third kappa shape index (κ3) is 4.31. The molecule has 1 N–H and O–H groups in total. The number of carbonyl (C=O) groups excluding carboxylic acids is 3. The summed E-state index contributed by atoms with van der Waals surface area (Å²) >= 11 is 0. The third-order valence-electron chi connectivity index (χ3n) is 7.47. The van der Waals surface area contributed by atoms with Gasteiger partial charge in [-0.2, -0.15) is 0 Å². The molecule has 2 amide bonds. The van der Waals surface area contributed by atoms with Crippen molar-refractivity contribution in [2.75, 3.05) is 52.9 Å². The molecule has 3 aliphatic heterocycles. The molecule has 0 spiro atoms. The molecule has 31 heavy (non-hydrogen) atoms. The van der Waals surface area contributed by atoms with Gasteiger partial charge in [-0.05, 0) is 45.7 Å². The number of nitrogens with one attached hydrogen (secondary N) is 1. The van der Waals surface area contributed by atoms with E-state index in [2.05, 4.69) is 10.2 Å². The molecule has 2 unspecified atom stereocenters. The van der Waals surface area contributed by atoms with Crippen LogP contribution < -0.4 is 5.32 Å². The molecular formula is C23H36N4O4. The fourth-order valence-corrected chi connectivity index (χ4v) is 5.80. The fraction of sp³-hybridized carbons (Fsp3) is 0.783. The highest BCUT2D eigenvalue weighted by atomic mass is 16.5. The first-order valence-electron chi connectivity index (χ1n) is 12.0. The van der Waals surface area contributed by atoms with Gasteiger partial charge in [-0.3, -0.25) is 9.59 Å². The van der Waals surface area contributed by atoms with Gasteiger partial charge in [0.05, 0.1) is 6.61 Å². The second kappa shape index (κ2) is 9.59. The van der Waals surface area contributed by atoms with E-state index in [0.717, 1.165) is 57.3 Å². The SMILES string of the molecule is CCOC(=O)C1=C(N2CCN(C(=O)C3CCNCC3)CC2)C2CCCCC2N(C)C1=O. The van der Waals surface area contributed by atoms with Gasteiger partial charge in [0.25, 0.3) is 5.91 Å². The minimum Gasteiger partial charge on any atom is -0.462 e. The van der Waals surface area contributed by atoms with Crippen molar-refractivity contribution in [1.29, 1.82) is 0 Å². The van der Waals surface area contributed by atoms with E-state index in [1.807, 2.05) is 11.9 Å². The molecule has 0 bridgehead atoms. The number of hydrogen-bond donors (Lipinski definition) is 1. The van der Waals surface area contributed by atoms with Crippen LogP contribution in [0, 0.1) is 11.8 Å². The zero-order valence-corrected chi connectivity index (χ0v) is 18.9. The van der Waals surface area contributed by atoms with E-state index in [-0.39, 0.29) is 41.9 Å². The molecule has 0 aromatic rings. The van der Waals surface area contributed by atoms with Crippen LogP contribution in [0.4, 0.5) is 0 Å². The Morgan fingerprint density at radius 1 is 1.03 bits per heavy atom. The lowest BCUT2D eigenvalue weighted by Gasteiger charge is -2.48. The van der Waals surface area contributed by atoms with E-state index in [0.29, 0.717) is 26.2 Å². The van der Waals surface area contributed by atoms with Gasteiger partial charge in [0.1, 0.15) is 5.57 Å². The average Bonchev–Trinajstić information content (AvgIpc) is 2.81. The van der Waals surface area contributed by atoms with Gasteiger partial charge >= 0.3 is 5.97 Å². The average molecular weight is 433 g/mol. The molecule has 3 heterocycles. The van der Waals surface area contributed by atoms with Crippen molar-refractivity contribution in [2.24, 2.45) is 11.8 Å². The first kappa shape index (κ1) is 22.1. The van der Waals surface area contributed by atoms with E-state index in [1.54, 1.807) is 11.8 Å². The van der Waals surface area contributed by atoms with Crippen molar-refractivity contribution in [3.8, 4) is 0 Å². The maximum atomic E-state index is 13.2. The van der Waals surface area contributed by atoms with E-state index >= 15 is 0 Å². The number of amides is 2. The number of nitrogens with zero attached hydrogens (tertiary/aromatic N) is 3. The number of hydrogen-bond acceptors (Lipinski definition) is 6. The molecule has 0 radical (unpaired) electrons. The second-order valence-corrected chi connectivity index (χ2v) is 9.19. The summed E-state index contributed by atoms with van der Waals surface area (Å²) in [5, 5.41) is 3.32. The van der Waals surface area contributed by atoms with Crippen molar-refractivity contribution in [1.82, 2.24) is 20.0 Å². The maximum Gasteiger partial charge on any atom is 0.345 e. The van der Waals surface area contributed by atoms with Crippen LogP contribution in [0.25, 0.3) is 0 Å². The van der Waals surface area contributed by atoms with Gasteiger partial charge in [0.2, 0.25) is 5.91 Å². The molecule has 2 atom stereocenters. The van der Waals surface area contributed by atoms with Gasteiger partial charge in [0, 0.05) is 56.8 Å². The predicted molar refractivity (Wildman–Crippen MR) is 116 cm³/mol. The first-order chi connectivity index (χ1) is 15.0. The number of rotatable bonds is 4. The molecule has 3 fully saturated rings. The third-order valence-corrected chi connectivity index (χ3v) is 7.47. The monoisotopic (exact) mass is 432 g/mol. The minimum atomic E-state index is -0.508. The maximum absolute atomic E-state index is 13.2. The van der Waals surface area contributed by atoms with Gasteiger partial charge in [-0.15, -0.1) is 0 Å². The summed E-state index contributed by atoms with van der Waals surface area (Å²) in [6, 6.07) is 0.142. The van der Waals surface area contributed by atoms with Crippen LogP contribution in [0.15, 0.2) is 11.3 Å². The molecule has 172 valence electrons. The molecule has 4 rings (SSSR count). The Labute approximate surface area is 184 Å². The van der Waals surface area contributed by atoms with Crippen LogP contribution >= 0.6 is 0 Å². The van der Waals surface area contributed by atoms with Gasteiger partial charge in [-0.1, -0.05) is 12.8 Å². The van der Waals surface area contributed by atoms with Gasteiger partial charge in [-0.25, -0.2) is 4.79 Å². The lowest BCUT2D eigenvalue weighted by Crippen LogP contribution is -2.57. The highest BCUT2D eigenvalue weighted by molar-refractivity contribution is 6.17. The lowest BCUT2D eigenvalue weighted by molar-refractivity contribution is -0.145. The van der Waals surface area contributed by atoms with Crippen LogP contribution in [0.1, 0.15) is 45.4 Å². The zero-order chi connectivity index (χ0) is 22.0. The van der Waals surface area contributed by atoms with E-state index in [4.69, 9.17) is 4.74 Å². The molecule has 2 saturated heterocycles. The summed E-state index contributed by atoms with van der Waals surface area (Å²) in [5.74, 6) is -0.176. The Morgan fingerprint density at radius 2 is 1.71 bits per heavy atom. The fourth-order valence-electron chi connectivity index (χ4n) is 5.80. The Morgan fingerprint density at radius 3 is 2.39 bits per heavy atom. The summed E-state index contributed by atoms with van der Waals surface area (Å²) in [6.07, 6.45) is 5.98. The Hall–Kier alpha value is -2.09. The first-order valence-corrected chi connectivity index (χ1v) is 12.0. The lowest BCUT2D eigenvalue weighted by atomic mass is 9.76. The number of likely N-dealkylation sites (N-methyl/N-ethyl adjacent to an activating group) is 1. The van der Waals surface area contributed by atoms with E-state index in [9.17, 15) is 14.4 Å². The Kier molecular flexibility index (Phi) is 6.84. The molecule has 1 aliphatic carbocycles. The molecule has 8 heteroatoms. The molecule has 4 aliphatic rings. The van der Waals surface area contributed by atoms with Crippen LogP contribution in [-0.2, 0) is 19.1 Å². The van der Waals surface area contributed by atoms with Gasteiger partial charge < -0.3 is 24.8 Å². The van der Waals surface area contributed by atoms with E-state index in [1.165, 1.54) is 0 Å². The predicted octanol–water partition coefficient (Wildman–Crippen LogP) is 0.978. The highest BCUT2D eigenvalue weighted by Gasteiger charge is 2.46. The van der Waals surface area contributed by atoms with Crippen molar-refractivity contribution in [3.63, 3.8) is 0 Å². The molecule has 0 aromatic heterocycles. The number of ether oxygens (including phenoxy) is 1. The number of carbonyl (C=O) groups is 3. The highest BCUT2D eigenvalue weighted by Crippen LogP contribution is 2.41. The molecule has 0 aromatic carbocycles.